The van der Waals surface area contributed by atoms with Gasteiger partial charge < -0.3 is 20.7 Å². The molecule has 2 aromatic carbocycles. The van der Waals surface area contributed by atoms with E-state index in [1.54, 1.807) is 6.07 Å². The summed E-state index contributed by atoms with van der Waals surface area (Å²) in [6.07, 6.45) is 0. The fraction of sp³-hybridized carbons (Fsp3) is 0.235. The predicted molar refractivity (Wildman–Crippen MR) is 100 cm³/mol. The fourth-order valence-electron chi connectivity index (χ4n) is 3.01. The average Bonchev–Trinajstić information content (AvgIpc) is 2.67. The van der Waals surface area contributed by atoms with Gasteiger partial charge in [-0.1, -0.05) is 11.6 Å². The third kappa shape index (κ3) is 3.16. The summed E-state index contributed by atoms with van der Waals surface area (Å²) in [4.78, 5) is 14.4. The molecule has 0 saturated carbocycles. The molecule has 0 unspecified atom stereocenters. The van der Waals surface area contributed by atoms with Crippen molar-refractivity contribution in [2.45, 2.75) is 0 Å². The molecule has 1 aliphatic rings. The minimum atomic E-state index is 0.00434. The molecule has 4 rings (SSSR count). The molecule has 8 nitrogen and oxygen atoms in total. The second-order valence-corrected chi connectivity index (χ2v) is 6.49. The van der Waals surface area contributed by atoms with E-state index < -0.39 is 0 Å². The first-order chi connectivity index (χ1) is 12.6. The number of anilines is 3. The molecule has 1 saturated heterocycles. The molecule has 0 bridgehead atoms. The zero-order valence-electron chi connectivity index (χ0n) is 13.9. The summed E-state index contributed by atoms with van der Waals surface area (Å²) in [5.74, 6) is 0.00434. The third-order valence-corrected chi connectivity index (χ3v) is 4.60. The molecule has 0 radical (unpaired) electrons. The van der Waals surface area contributed by atoms with E-state index in [4.69, 9.17) is 11.6 Å². The van der Waals surface area contributed by atoms with Crippen LogP contribution in [0.1, 0.15) is 0 Å². The largest absolute Gasteiger partial charge is 0.425 e. The molecule has 3 N–H and O–H groups in total. The molecule has 26 heavy (non-hydrogen) atoms. The van der Waals surface area contributed by atoms with E-state index in [1.165, 1.54) is 12.1 Å². The molecule has 0 atom stereocenters. The van der Waals surface area contributed by atoms with Gasteiger partial charge in [-0.05, 0) is 36.4 Å². The van der Waals surface area contributed by atoms with Gasteiger partial charge in [0.1, 0.15) is 0 Å². The molecule has 0 amide bonds. The van der Waals surface area contributed by atoms with E-state index in [0.717, 1.165) is 36.6 Å². The summed E-state index contributed by atoms with van der Waals surface area (Å²) in [5.41, 5.74) is 2.32. The zero-order valence-corrected chi connectivity index (χ0v) is 14.6. The van der Waals surface area contributed by atoms with Crippen molar-refractivity contribution in [1.82, 2.24) is 15.1 Å². The molecular formula is C17H18ClN6O2+. The Balaban J connectivity index is 1.62. The second kappa shape index (κ2) is 6.81. The van der Waals surface area contributed by atoms with Crippen molar-refractivity contribution in [1.29, 1.82) is 0 Å². The molecule has 134 valence electrons. The van der Waals surface area contributed by atoms with Crippen molar-refractivity contribution in [2.75, 3.05) is 36.4 Å². The maximum Gasteiger partial charge on any atom is 0.322 e. The number of halogens is 1. The summed E-state index contributed by atoms with van der Waals surface area (Å²) in [6.45, 7) is 3.87. The highest BCUT2D eigenvalue weighted by Crippen LogP contribution is 2.22. The molecule has 2 heterocycles. The molecule has 1 aromatic heterocycles. The molecular weight excluding hydrogens is 356 g/mol. The van der Waals surface area contributed by atoms with Crippen molar-refractivity contribution in [2.24, 2.45) is 0 Å². The standard InChI is InChI=1S/C17H18ClN6O2/c18-12-1-6-15-16(11-12)23(25)17(21-24(15)26)20-13-2-4-14(5-3-13)22-9-7-19-8-10-22/h1-6,11,19,25H,7-10H2,(H,20,21,26)/q+1. The smallest absolute Gasteiger partial charge is 0.322 e. The molecule has 0 aliphatic carbocycles. The lowest BCUT2D eigenvalue weighted by Crippen LogP contribution is -2.43. The van der Waals surface area contributed by atoms with E-state index in [1.807, 2.05) is 24.3 Å². The van der Waals surface area contributed by atoms with Gasteiger partial charge in [-0.3, -0.25) is 0 Å². The van der Waals surface area contributed by atoms with Crippen LogP contribution in [0, 0.1) is 4.91 Å². The highest BCUT2D eigenvalue weighted by Gasteiger charge is 2.18. The van der Waals surface area contributed by atoms with Crippen LogP contribution in [-0.4, -0.2) is 41.2 Å². The van der Waals surface area contributed by atoms with E-state index in [9.17, 15) is 10.1 Å². The van der Waals surface area contributed by atoms with E-state index in [0.29, 0.717) is 15.3 Å². The number of aromatic nitrogens is 3. The van der Waals surface area contributed by atoms with Gasteiger partial charge in [-0.15, -0.1) is 4.73 Å². The Morgan fingerprint density at radius 1 is 1.15 bits per heavy atom. The van der Waals surface area contributed by atoms with Gasteiger partial charge in [0.15, 0.2) is 10.1 Å². The van der Waals surface area contributed by atoms with Crippen molar-refractivity contribution in [3.05, 3.63) is 52.4 Å². The summed E-state index contributed by atoms with van der Waals surface area (Å²) in [5, 5.41) is 20.9. The lowest BCUT2D eigenvalue weighted by Gasteiger charge is -2.29. The maximum absolute atomic E-state index is 12.1. The van der Waals surface area contributed by atoms with Crippen LogP contribution < -0.4 is 20.1 Å². The van der Waals surface area contributed by atoms with E-state index in [-0.39, 0.29) is 17.0 Å². The number of fused-ring (bicyclic) bond motifs is 1. The number of hydrogen-bond acceptors (Lipinski definition) is 6. The summed E-state index contributed by atoms with van der Waals surface area (Å²) in [6, 6.07) is 12.4. The van der Waals surface area contributed by atoms with Crippen molar-refractivity contribution >= 4 is 40.0 Å². The summed E-state index contributed by atoms with van der Waals surface area (Å²) in [7, 11) is 0. The minimum absolute atomic E-state index is 0.00434. The van der Waals surface area contributed by atoms with Crippen molar-refractivity contribution in [3.8, 4) is 0 Å². The molecule has 1 aliphatic heterocycles. The Morgan fingerprint density at radius 2 is 1.88 bits per heavy atom. The average molecular weight is 374 g/mol. The number of piperazine rings is 1. The summed E-state index contributed by atoms with van der Waals surface area (Å²) >= 11 is 5.96. The quantitative estimate of drug-likeness (QED) is 0.480. The van der Waals surface area contributed by atoms with Crippen LogP contribution in [0.25, 0.3) is 11.0 Å². The van der Waals surface area contributed by atoms with E-state index in [2.05, 4.69) is 20.6 Å². The normalized spacial score (nSPS) is 14.6. The van der Waals surface area contributed by atoms with Gasteiger partial charge in [0.2, 0.25) is 0 Å². The number of rotatable bonds is 3. The summed E-state index contributed by atoms with van der Waals surface area (Å²) < 4.78 is 1.27. The van der Waals surface area contributed by atoms with Crippen LogP contribution in [0.5, 0.6) is 0 Å². The van der Waals surface area contributed by atoms with Crippen molar-refractivity contribution in [3.63, 3.8) is 0 Å². The van der Waals surface area contributed by atoms with Gasteiger partial charge >= 0.3 is 11.5 Å². The Bertz CT molecular complexity index is 999. The van der Waals surface area contributed by atoms with Crippen LogP contribution in [0.2, 0.25) is 5.02 Å². The van der Waals surface area contributed by atoms with Crippen molar-refractivity contribution < 1.29 is 9.75 Å². The molecule has 0 spiro atoms. The van der Waals surface area contributed by atoms with Crippen LogP contribution in [0.15, 0.2) is 42.5 Å². The predicted octanol–water partition coefficient (Wildman–Crippen LogP) is 1.99. The highest BCUT2D eigenvalue weighted by molar-refractivity contribution is 6.31. The SMILES string of the molecule is O=[n+]1nc(Nc2ccc(N3CCNCC3)cc2)n(O)c2cc(Cl)ccc21. The van der Waals surface area contributed by atoms with Gasteiger partial charge in [-0.25, -0.2) is 0 Å². The zero-order chi connectivity index (χ0) is 18.1. The van der Waals surface area contributed by atoms with Gasteiger partial charge in [0, 0.05) is 48.6 Å². The fourth-order valence-corrected chi connectivity index (χ4v) is 3.18. The lowest BCUT2D eigenvalue weighted by atomic mass is 10.2. The molecule has 9 heteroatoms. The Morgan fingerprint density at radius 3 is 2.62 bits per heavy atom. The van der Waals surface area contributed by atoms with Crippen LogP contribution in [0.4, 0.5) is 17.3 Å². The number of benzene rings is 2. The Labute approximate surface area is 154 Å². The van der Waals surface area contributed by atoms with E-state index >= 15 is 0 Å². The lowest BCUT2D eigenvalue weighted by molar-refractivity contribution is -0.535. The van der Waals surface area contributed by atoms with Crippen LogP contribution in [-0.2, 0) is 0 Å². The first kappa shape index (κ1) is 16.6. The van der Waals surface area contributed by atoms with Gasteiger partial charge in [0.25, 0.3) is 0 Å². The van der Waals surface area contributed by atoms with Crippen LogP contribution in [0.3, 0.4) is 0 Å². The second-order valence-electron chi connectivity index (χ2n) is 6.05. The number of nitrogens with one attached hydrogen (secondary N) is 2. The van der Waals surface area contributed by atoms with Gasteiger partial charge in [-0.2, -0.15) is 0 Å². The maximum atomic E-state index is 12.1. The Kier molecular flexibility index (Phi) is 4.36. The Hall–Kier alpha value is -2.84. The first-order valence-electron chi connectivity index (χ1n) is 8.29. The molecule has 1 fully saturated rings. The monoisotopic (exact) mass is 373 g/mol. The third-order valence-electron chi connectivity index (χ3n) is 4.36. The topological polar surface area (TPSA) is 88.3 Å². The minimum Gasteiger partial charge on any atom is -0.425 e. The number of hydrogen-bond donors (Lipinski definition) is 3. The highest BCUT2D eigenvalue weighted by atomic mass is 35.5. The first-order valence-corrected chi connectivity index (χ1v) is 8.67. The molecule has 3 aromatic rings. The van der Waals surface area contributed by atoms with Gasteiger partial charge in [0.05, 0.1) is 10.0 Å². The number of nitrogens with zero attached hydrogens (tertiary/aromatic N) is 4. The van der Waals surface area contributed by atoms with Crippen LogP contribution >= 0.6 is 11.6 Å².